The van der Waals surface area contributed by atoms with Gasteiger partial charge in [0.25, 0.3) is 0 Å². The van der Waals surface area contributed by atoms with Crippen molar-refractivity contribution >= 4 is 23.1 Å². The van der Waals surface area contributed by atoms with E-state index in [2.05, 4.69) is 22.0 Å². The summed E-state index contributed by atoms with van der Waals surface area (Å²) in [6.45, 7) is 4.24. The van der Waals surface area contributed by atoms with E-state index in [-0.39, 0.29) is 0 Å². The van der Waals surface area contributed by atoms with Crippen LogP contribution in [0.3, 0.4) is 0 Å². The van der Waals surface area contributed by atoms with Crippen LogP contribution in [-0.2, 0) is 6.42 Å². The molecule has 0 spiro atoms. The first-order chi connectivity index (χ1) is 10.7. The first kappa shape index (κ1) is 13.6. The fourth-order valence-electron chi connectivity index (χ4n) is 2.80. The monoisotopic (exact) mass is 312 g/mol. The van der Waals surface area contributed by atoms with E-state index < -0.39 is 0 Å². The number of benzene rings is 1. The summed E-state index contributed by atoms with van der Waals surface area (Å²) in [5, 5.41) is 5.51. The Bertz CT molecular complexity index is 819. The van der Waals surface area contributed by atoms with Crippen LogP contribution in [0, 0.1) is 6.92 Å². The summed E-state index contributed by atoms with van der Waals surface area (Å²) in [6, 6.07) is 12.1. The van der Waals surface area contributed by atoms with Crippen LogP contribution in [0.15, 0.2) is 36.4 Å². The third-order valence-electron chi connectivity index (χ3n) is 4.07. The molecule has 4 rings (SSSR count). The Balaban J connectivity index is 1.72. The standard InChI is InChI=1S/C17H17ClN4/c1-12-9-17(21-7-2-8-21)22-16(19-12)11-15(20-22)10-13-3-5-14(18)6-4-13/h3-6,9,11H,2,7-8,10H2,1H3. The highest BCUT2D eigenvalue weighted by atomic mass is 35.5. The van der Waals surface area contributed by atoms with Crippen molar-refractivity contribution in [3.8, 4) is 0 Å². The van der Waals surface area contributed by atoms with Crippen molar-refractivity contribution in [3.05, 3.63) is 58.4 Å². The van der Waals surface area contributed by atoms with E-state index in [1.54, 1.807) is 0 Å². The van der Waals surface area contributed by atoms with Gasteiger partial charge in [0.15, 0.2) is 5.65 Å². The number of nitrogens with zero attached hydrogens (tertiary/aromatic N) is 4. The number of hydrogen-bond acceptors (Lipinski definition) is 3. The van der Waals surface area contributed by atoms with Gasteiger partial charge in [-0.3, -0.25) is 0 Å². The van der Waals surface area contributed by atoms with Crippen molar-refractivity contribution in [1.82, 2.24) is 14.6 Å². The van der Waals surface area contributed by atoms with E-state index in [0.29, 0.717) is 0 Å². The topological polar surface area (TPSA) is 33.4 Å². The first-order valence-electron chi connectivity index (χ1n) is 7.55. The first-order valence-corrected chi connectivity index (χ1v) is 7.92. The van der Waals surface area contributed by atoms with Gasteiger partial charge >= 0.3 is 0 Å². The quantitative estimate of drug-likeness (QED) is 0.742. The molecule has 0 saturated carbocycles. The van der Waals surface area contributed by atoms with Crippen LogP contribution in [0.25, 0.3) is 5.65 Å². The van der Waals surface area contributed by atoms with Crippen molar-refractivity contribution in [2.45, 2.75) is 19.8 Å². The van der Waals surface area contributed by atoms with Crippen molar-refractivity contribution in [2.24, 2.45) is 0 Å². The van der Waals surface area contributed by atoms with E-state index in [1.807, 2.05) is 35.7 Å². The van der Waals surface area contributed by atoms with Crippen molar-refractivity contribution in [3.63, 3.8) is 0 Å². The summed E-state index contributed by atoms with van der Waals surface area (Å²) >= 11 is 5.94. The minimum absolute atomic E-state index is 0.760. The fourth-order valence-corrected chi connectivity index (χ4v) is 2.92. The van der Waals surface area contributed by atoms with Crippen LogP contribution >= 0.6 is 11.6 Å². The van der Waals surface area contributed by atoms with Crippen LogP contribution in [0.5, 0.6) is 0 Å². The SMILES string of the molecule is Cc1cc(N2CCC2)n2nc(Cc3ccc(Cl)cc3)cc2n1. The molecule has 1 saturated heterocycles. The van der Waals surface area contributed by atoms with Gasteiger partial charge in [-0.05, 0) is 31.0 Å². The third-order valence-corrected chi connectivity index (χ3v) is 4.32. The van der Waals surface area contributed by atoms with E-state index in [4.69, 9.17) is 16.7 Å². The number of aryl methyl sites for hydroxylation is 1. The van der Waals surface area contributed by atoms with Gasteiger partial charge in [-0.15, -0.1) is 0 Å². The molecule has 0 atom stereocenters. The maximum absolute atomic E-state index is 5.94. The Morgan fingerprint density at radius 1 is 1.14 bits per heavy atom. The maximum atomic E-state index is 5.94. The zero-order valence-corrected chi connectivity index (χ0v) is 13.2. The van der Waals surface area contributed by atoms with Gasteiger partial charge < -0.3 is 4.90 Å². The molecule has 0 radical (unpaired) electrons. The van der Waals surface area contributed by atoms with Crippen LogP contribution in [0.2, 0.25) is 5.02 Å². The van der Waals surface area contributed by atoms with Crippen molar-refractivity contribution in [1.29, 1.82) is 0 Å². The lowest BCUT2D eigenvalue weighted by Crippen LogP contribution is -2.38. The summed E-state index contributed by atoms with van der Waals surface area (Å²) in [5.74, 6) is 1.15. The molecular weight excluding hydrogens is 296 g/mol. The van der Waals surface area contributed by atoms with Crippen molar-refractivity contribution < 1.29 is 0 Å². The lowest BCUT2D eigenvalue weighted by molar-refractivity contribution is 0.598. The normalized spacial score (nSPS) is 14.4. The summed E-state index contributed by atoms with van der Waals surface area (Å²) in [7, 11) is 0. The molecule has 22 heavy (non-hydrogen) atoms. The van der Waals surface area contributed by atoms with E-state index in [0.717, 1.165) is 47.4 Å². The number of rotatable bonds is 3. The largest absolute Gasteiger partial charge is 0.356 e. The fraction of sp³-hybridized carbons (Fsp3) is 0.294. The molecule has 1 aliphatic rings. The molecule has 1 aromatic carbocycles. The highest BCUT2D eigenvalue weighted by Gasteiger charge is 2.19. The third kappa shape index (κ3) is 2.44. The molecule has 2 aromatic heterocycles. The lowest BCUT2D eigenvalue weighted by Gasteiger charge is -2.33. The molecule has 3 aromatic rings. The van der Waals surface area contributed by atoms with Gasteiger partial charge in [-0.25, -0.2) is 4.98 Å². The summed E-state index contributed by atoms with van der Waals surface area (Å²) < 4.78 is 1.97. The Labute approximate surface area is 134 Å². The van der Waals surface area contributed by atoms with Crippen LogP contribution in [-0.4, -0.2) is 27.7 Å². The molecule has 3 heterocycles. The molecule has 1 fully saturated rings. The zero-order chi connectivity index (χ0) is 15.1. The molecule has 0 bridgehead atoms. The minimum atomic E-state index is 0.760. The van der Waals surface area contributed by atoms with Crippen molar-refractivity contribution in [2.75, 3.05) is 18.0 Å². The van der Waals surface area contributed by atoms with Crippen LogP contribution < -0.4 is 4.90 Å². The average Bonchev–Trinajstić information content (AvgIpc) is 2.82. The highest BCUT2D eigenvalue weighted by molar-refractivity contribution is 6.30. The predicted octanol–water partition coefficient (Wildman–Crippen LogP) is 3.49. The molecule has 0 N–H and O–H groups in total. The number of aromatic nitrogens is 3. The number of fused-ring (bicyclic) bond motifs is 1. The molecular formula is C17H17ClN4. The van der Waals surface area contributed by atoms with E-state index >= 15 is 0 Å². The summed E-state index contributed by atoms with van der Waals surface area (Å²) in [6.07, 6.45) is 2.04. The summed E-state index contributed by atoms with van der Waals surface area (Å²) in [4.78, 5) is 6.95. The molecule has 4 nitrogen and oxygen atoms in total. The second-order valence-electron chi connectivity index (χ2n) is 5.81. The molecule has 0 aliphatic carbocycles. The Morgan fingerprint density at radius 3 is 2.59 bits per heavy atom. The second kappa shape index (κ2) is 5.29. The molecule has 1 aliphatic heterocycles. The molecule has 5 heteroatoms. The Hall–Kier alpha value is -2.07. The van der Waals surface area contributed by atoms with Crippen LogP contribution in [0.4, 0.5) is 5.82 Å². The predicted molar refractivity (Wildman–Crippen MR) is 88.8 cm³/mol. The number of anilines is 1. The number of hydrogen-bond donors (Lipinski definition) is 0. The minimum Gasteiger partial charge on any atom is -0.356 e. The molecule has 0 amide bonds. The molecule has 0 unspecified atom stereocenters. The average molecular weight is 313 g/mol. The van der Waals surface area contributed by atoms with E-state index in [9.17, 15) is 0 Å². The van der Waals surface area contributed by atoms with Gasteiger partial charge in [-0.2, -0.15) is 9.61 Å². The van der Waals surface area contributed by atoms with Gasteiger partial charge in [0, 0.05) is 42.4 Å². The molecule has 112 valence electrons. The Morgan fingerprint density at radius 2 is 1.91 bits per heavy atom. The van der Waals surface area contributed by atoms with Gasteiger partial charge in [-0.1, -0.05) is 23.7 Å². The van der Waals surface area contributed by atoms with E-state index in [1.165, 1.54) is 12.0 Å². The lowest BCUT2D eigenvalue weighted by atomic mass is 10.1. The van der Waals surface area contributed by atoms with Gasteiger partial charge in [0.2, 0.25) is 0 Å². The maximum Gasteiger partial charge on any atom is 0.157 e. The highest BCUT2D eigenvalue weighted by Crippen LogP contribution is 2.23. The van der Waals surface area contributed by atoms with Gasteiger partial charge in [0.1, 0.15) is 5.82 Å². The van der Waals surface area contributed by atoms with Crippen LogP contribution in [0.1, 0.15) is 23.4 Å². The summed E-state index contributed by atoms with van der Waals surface area (Å²) in [5.41, 5.74) is 4.19. The Kier molecular flexibility index (Phi) is 3.26. The smallest absolute Gasteiger partial charge is 0.157 e. The number of halogens is 1. The van der Waals surface area contributed by atoms with Gasteiger partial charge in [0.05, 0.1) is 5.69 Å². The second-order valence-corrected chi connectivity index (χ2v) is 6.24. The zero-order valence-electron chi connectivity index (χ0n) is 12.5.